The van der Waals surface area contributed by atoms with Crippen LogP contribution in [-0.2, 0) is 14.3 Å². The summed E-state index contributed by atoms with van der Waals surface area (Å²) in [7, 11) is 1.38. The minimum Gasteiger partial charge on any atom is -0.467 e. The quantitative estimate of drug-likeness (QED) is 0.747. The smallest absolute Gasteiger partial charge is 0.411 e. The van der Waals surface area contributed by atoms with Crippen molar-refractivity contribution in [1.29, 1.82) is 0 Å². The molecule has 1 aliphatic carbocycles. The lowest BCUT2D eigenvalue weighted by atomic mass is 9.94. The van der Waals surface area contributed by atoms with Crippen LogP contribution < -0.4 is 0 Å². The van der Waals surface area contributed by atoms with Crippen LogP contribution in [0.3, 0.4) is 0 Å². The number of rotatable bonds is 3. The predicted octanol–water partition coefficient (Wildman–Crippen LogP) is 2.59. The molecule has 1 saturated carbocycles. The molecular formula is C15H25NO4. The van der Waals surface area contributed by atoms with Gasteiger partial charge in [0.05, 0.1) is 7.11 Å². The van der Waals surface area contributed by atoms with Gasteiger partial charge in [0.1, 0.15) is 11.6 Å². The highest BCUT2D eigenvalue weighted by Gasteiger charge is 2.45. The molecule has 5 nitrogen and oxygen atoms in total. The molecule has 2 rings (SSSR count). The molecule has 0 radical (unpaired) electrons. The monoisotopic (exact) mass is 283 g/mol. The highest BCUT2D eigenvalue weighted by atomic mass is 16.6. The van der Waals surface area contributed by atoms with Crippen molar-refractivity contribution in [3.63, 3.8) is 0 Å². The predicted molar refractivity (Wildman–Crippen MR) is 74.2 cm³/mol. The van der Waals surface area contributed by atoms with Gasteiger partial charge in [-0.05, 0) is 45.4 Å². The molecule has 1 saturated heterocycles. The van der Waals surface area contributed by atoms with E-state index < -0.39 is 17.7 Å². The number of amides is 1. The van der Waals surface area contributed by atoms with E-state index in [0.717, 1.165) is 18.8 Å². The normalized spacial score (nSPS) is 26.5. The maximum atomic E-state index is 12.2. The van der Waals surface area contributed by atoms with Gasteiger partial charge in [0.15, 0.2) is 0 Å². The summed E-state index contributed by atoms with van der Waals surface area (Å²) in [6.07, 6.45) is 3.95. The van der Waals surface area contributed by atoms with Gasteiger partial charge in [-0.25, -0.2) is 9.59 Å². The summed E-state index contributed by atoms with van der Waals surface area (Å²) < 4.78 is 10.3. The van der Waals surface area contributed by atoms with Crippen LogP contribution in [0.5, 0.6) is 0 Å². The van der Waals surface area contributed by atoms with E-state index in [1.165, 1.54) is 20.0 Å². The Kier molecular flexibility index (Phi) is 4.25. The molecule has 114 valence electrons. The molecule has 2 unspecified atom stereocenters. The maximum Gasteiger partial charge on any atom is 0.411 e. The minimum atomic E-state index is -0.549. The summed E-state index contributed by atoms with van der Waals surface area (Å²) in [6.45, 7) is 6.06. The molecule has 1 amide bonds. The minimum absolute atomic E-state index is 0.211. The first kappa shape index (κ1) is 15.1. The molecule has 20 heavy (non-hydrogen) atoms. The SMILES string of the molecule is COC(=O)C1C(CC2CC2)CCN1C(=O)OC(C)(C)C. The zero-order chi connectivity index (χ0) is 14.9. The average molecular weight is 283 g/mol. The topological polar surface area (TPSA) is 55.8 Å². The lowest BCUT2D eigenvalue weighted by molar-refractivity contribution is -0.147. The molecule has 1 heterocycles. The Hall–Kier alpha value is -1.26. The van der Waals surface area contributed by atoms with Crippen LogP contribution in [0.15, 0.2) is 0 Å². The molecular weight excluding hydrogens is 258 g/mol. The number of hydrogen-bond donors (Lipinski definition) is 0. The van der Waals surface area contributed by atoms with Gasteiger partial charge in [0.2, 0.25) is 0 Å². The van der Waals surface area contributed by atoms with Crippen LogP contribution in [0.2, 0.25) is 0 Å². The van der Waals surface area contributed by atoms with E-state index in [-0.39, 0.29) is 11.9 Å². The van der Waals surface area contributed by atoms with E-state index in [2.05, 4.69) is 0 Å². The molecule has 2 aliphatic rings. The van der Waals surface area contributed by atoms with Gasteiger partial charge in [-0.3, -0.25) is 4.90 Å². The van der Waals surface area contributed by atoms with Crippen molar-refractivity contribution in [3.8, 4) is 0 Å². The molecule has 0 bridgehead atoms. The van der Waals surface area contributed by atoms with Crippen molar-refractivity contribution in [2.45, 2.75) is 58.1 Å². The number of esters is 1. The largest absolute Gasteiger partial charge is 0.467 e. The van der Waals surface area contributed by atoms with Gasteiger partial charge in [0.25, 0.3) is 0 Å². The van der Waals surface area contributed by atoms with Gasteiger partial charge < -0.3 is 9.47 Å². The van der Waals surface area contributed by atoms with Gasteiger partial charge >= 0.3 is 12.1 Å². The van der Waals surface area contributed by atoms with E-state index in [9.17, 15) is 9.59 Å². The van der Waals surface area contributed by atoms with Crippen molar-refractivity contribution in [1.82, 2.24) is 4.90 Å². The van der Waals surface area contributed by atoms with Crippen LogP contribution in [-0.4, -0.2) is 42.3 Å². The fourth-order valence-electron chi connectivity index (χ4n) is 2.85. The van der Waals surface area contributed by atoms with E-state index in [1.807, 2.05) is 20.8 Å². The highest BCUT2D eigenvalue weighted by Crippen LogP contribution is 2.40. The molecule has 2 fully saturated rings. The highest BCUT2D eigenvalue weighted by molar-refractivity contribution is 5.82. The van der Waals surface area contributed by atoms with Crippen molar-refractivity contribution >= 4 is 12.1 Å². The van der Waals surface area contributed by atoms with Crippen molar-refractivity contribution in [2.75, 3.05) is 13.7 Å². The van der Waals surface area contributed by atoms with Crippen LogP contribution in [0.4, 0.5) is 4.79 Å². The first-order chi connectivity index (χ1) is 9.31. The lowest BCUT2D eigenvalue weighted by Crippen LogP contribution is -2.46. The first-order valence-electron chi connectivity index (χ1n) is 7.39. The third-order valence-electron chi connectivity index (χ3n) is 3.93. The lowest BCUT2D eigenvalue weighted by Gasteiger charge is -2.29. The maximum absolute atomic E-state index is 12.2. The van der Waals surface area contributed by atoms with E-state index in [1.54, 1.807) is 4.90 Å². The van der Waals surface area contributed by atoms with Crippen LogP contribution >= 0.6 is 0 Å². The molecule has 0 N–H and O–H groups in total. The summed E-state index contributed by atoms with van der Waals surface area (Å²) in [5, 5.41) is 0. The van der Waals surface area contributed by atoms with Crippen molar-refractivity contribution in [3.05, 3.63) is 0 Å². The summed E-state index contributed by atoms with van der Waals surface area (Å²) in [5.74, 6) is 0.618. The Balaban J connectivity index is 2.06. The van der Waals surface area contributed by atoms with Gasteiger partial charge in [-0.2, -0.15) is 0 Å². The van der Waals surface area contributed by atoms with Gasteiger partial charge in [0, 0.05) is 6.54 Å². The molecule has 0 spiro atoms. The Labute approximate surface area is 120 Å². The summed E-state index contributed by atoms with van der Waals surface area (Å²) in [5.41, 5.74) is -0.549. The Morgan fingerprint density at radius 2 is 1.85 bits per heavy atom. The number of hydrogen-bond acceptors (Lipinski definition) is 4. The first-order valence-corrected chi connectivity index (χ1v) is 7.39. The fourth-order valence-corrected chi connectivity index (χ4v) is 2.85. The third-order valence-corrected chi connectivity index (χ3v) is 3.93. The summed E-state index contributed by atoms with van der Waals surface area (Å²) in [6, 6.07) is -0.476. The Morgan fingerprint density at radius 3 is 2.35 bits per heavy atom. The fraction of sp³-hybridized carbons (Fsp3) is 0.867. The Bertz CT molecular complexity index is 384. The zero-order valence-electron chi connectivity index (χ0n) is 12.8. The molecule has 2 atom stereocenters. The van der Waals surface area contributed by atoms with Crippen molar-refractivity contribution in [2.24, 2.45) is 11.8 Å². The molecule has 0 aromatic carbocycles. The second kappa shape index (κ2) is 5.62. The molecule has 0 aromatic heterocycles. The summed E-state index contributed by atoms with van der Waals surface area (Å²) >= 11 is 0. The van der Waals surface area contributed by atoms with Gasteiger partial charge in [-0.15, -0.1) is 0 Å². The second-order valence-electron chi connectivity index (χ2n) is 6.87. The number of carbonyl (C=O) groups is 2. The van der Waals surface area contributed by atoms with Crippen molar-refractivity contribution < 1.29 is 19.1 Å². The van der Waals surface area contributed by atoms with Crippen LogP contribution in [0.25, 0.3) is 0 Å². The average Bonchev–Trinajstić information content (AvgIpc) is 3.04. The third kappa shape index (κ3) is 3.64. The number of likely N-dealkylation sites (tertiary alicyclic amines) is 1. The molecule has 1 aliphatic heterocycles. The summed E-state index contributed by atoms with van der Waals surface area (Å²) in [4.78, 5) is 25.8. The molecule has 5 heteroatoms. The molecule has 0 aromatic rings. The standard InChI is InChI=1S/C15H25NO4/c1-15(2,3)20-14(18)16-8-7-11(9-10-5-6-10)12(16)13(17)19-4/h10-12H,5-9H2,1-4H3. The van der Waals surface area contributed by atoms with Gasteiger partial charge in [-0.1, -0.05) is 12.8 Å². The zero-order valence-corrected chi connectivity index (χ0v) is 12.8. The number of carbonyl (C=O) groups excluding carboxylic acids is 2. The number of nitrogens with zero attached hydrogens (tertiary/aromatic N) is 1. The van der Waals surface area contributed by atoms with E-state index in [0.29, 0.717) is 6.54 Å². The van der Waals surface area contributed by atoms with E-state index in [4.69, 9.17) is 9.47 Å². The van der Waals surface area contributed by atoms with Crippen LogP contribution in [0, 0.1) is 11.8 Å². The van der Waals surface area contributed by atoms with E-state index >= 15 is 0 Å². The van der Waals surface area contributed by atoms with Crippen LogP contribution in [0.1, 0.15) is 46.5 Å². The Morgan fingerprint density at radius 1 is 1.20 bits per heavy atom. The second-order valence-corrected chi connectivity index (χ2v) is 6.87. The number of methoxy groups -OCH3 is 1. The number of ether oxygens (including phenoxy) is 2.